The maximum Gasteiger partial charge on any atom is 0.234 e. The van der Waals surface area contributed by atoms with Gasteiger partial charge in [0.2, 0.25) is 11.8 Å². The quantitative estimate of drug-likeness (QED) is 0.501. The van der Waals surface area contributed by atoms with Gasteiger partial charge in [-0.3, -0.25) is 9.59 Å². The SMILES string of the molecule is CCc1cccc(C)c1NC(=O)CSc1nnc(CC(=O)Nc2ccc(C)cc2C)n1C. The Morgan fingerprint density at radius 2 is 1.78 bits per heavy atom. The fourth-order valence-electron chi connectivity index (χ4n) is 3.42. The molecule has 1 heterocycles. The van der Waals surface area contributed by atoms with Crippen LogP contribution in [-0.2, 0) is 29.5 Å². The molecule has 0 radical (unpaired) electrons. The molecule has 0 aliphatic rings. The van der Waals surface area contributed by atoms with Crippen LogP contribution in [-0.4, -0.2) is 32.3 Å². The Morgan fingerprint density at radius 3 is 2.50 bits per heavy atom. The summed E-state index contributed by atoms with van der Waals surface area (Å²) in [6.45, 7) is 8.03. The van der Waals surface area contributed by atoms with Crippen molar-refractivity contribution in [2.24, 2.45) is 7.05 Å². The van der Waals surface area contributed by atoms with Crippen molar-refractivity contribution in [1.82, 2.24) is 14.8 Å². The lowest BCUT2D eigenvalue weighted by Gasteiger charge is -2.12. The number of hydrogen-bond acceptors (Lipinski definition) is 5. The summed E-state index contributed by atoms with van der Waals surface area (Å²) >= 11 is 1.30. The third kappa shape index (κ3) is 5.76. The molecule has 0 spiro atoms. The van der Waals surface area contributed by atoms with Gasteiger partial charge in [-0.2, -0.15) is 0 Å². The standard InChI is InChI=1S/C24H29N5O2S/c1-6-18-9-7-8-16(3)23(18)26-22(31)14-32-24-28-27-20(29(24)5)13-21(30)25-19-11-10-15(2)12-17(19)4/h7-12H,6,13-14H2,1-5H3,(H,25,30)(H,26,31). The van der Waals surface area contributed by atoms with Crippen molar-refractivity contribution in [3.05, 3.63) is 64.5 Å². The molecule has 2 aromatic carbocycles. The summed E-state index contributed by atoms with van der Waals surface area (Å²) in [6.07, 6.45) is 0.952. The summed E-state index contributed by atoms with van der Waals surface area (Å²) in [4.78, 5) is 25.0. The highest BCUT2D eigenvalue weighted by molar-refractivity contribution is 7.99. The molecule has 0 saturated heterocycles. The van der Waals surface area contributed by atoms with E-state index >= 15 is 0 Å². The first-order valence-corrected chi connectivity index (χ1v) is 11.5. The fourth-order valence-corrected chi connectivity index (χ4v) is 4.15. The third-order valence-corrected chi connectivity index (χ3v) is 6.26. The van der Waals surface area contributed by atoms with Crippen molar-refractivity contribution >= 4 is 35.0 Å². The van der Waals surface area contributed by atoms with Gasteiger partial charge in [-0.25, -0.2) is 0 Å². The molecule has 2 amide bonds. The predicted molar refractivity (Wildman–Crippen MR) is 129 cm³/mol. The molecule has 8 heteroatoms. The Balaban J connectivity index is 1.58. The van der Waals surface area contributed by atoms with Gasteiger partial charge in [-0.15, -0.1) is 10.2 Å². The van der Waals surface area contributed by atoms with Crippen LogP contribution in [0.1, 0.15) is 35.0 Å². The second-order valence-corrected chi connectivity index (χ2v) is 8.74. The van der Waals surface area contributed by atoms with Crippen molar-refractivity contribution in [3.63, 3.8) is 0 Å². The number of nitrogens with one attached hydrogen (secondary N) is 2. The summed E-state index contributed by atoms with van der Waals surface area (Å²) in [5.74, 6) is 0.491. The smallest absolute Gasteiger partial charge is 0.234 e. The van der Waals surface area contributed by atoms with Gasteiger partial charge >= 0.3 is 0 Å². The minimum Gasteiger partial charge on any atom is -0.325 e. The summed E-state index contributed by atoms with van der Waals surface area (Å²) < 4.78 is 1.75. The first-order chi connectivity index (χ1) is 15.3. The average molecular weight is 452 g/mol. The van der Waals surface area contributed by atoms with Crippen LogP contribution >= 0.6 is 11.8 Å². The van der Waals surface area contributed by atoms with E-state index in [0.29, 0.717) is 11.0 Å². The number of thioether (sulfide) groups is 1. The molecule has 1 aromatic heterocycles. The highest BCUT2D eigenvalue weighted by Crippen LogP contribution is 2.23. The predicted octanol–water partition coefficient (Wildman–Crippen LogP) is 4.21. The molecule has 2 N–H and O–H groups in total. The van der Waals surface area contributed by atoms with Crippen LogP contribution < -0.4 is 10.6 Å². The zero-order valence-corrected chi connectivity index (χ0v) is 20.0. The maximum absolute atomic E-state index is 12.5. The molecule has 168 valence electrons. The van der Waals surface area contributed by atoms with E-state index in [4.69, 9.17) is 0 Å². The van der Waals surface area contributed by atoms with Crippen molar-refractivity contribution in [2.75, 3.05) is 16.4 Å². The zero-order chi connectivity index (χ0) is 23.3. The molecule has 0 saturated carbocycles. The number of anilines is 2. The van der Waals surface area contributed by atoms with Crippen molar-refractivity contribution < 1.29 is 9.59 Å². The number of benzene rings is 2. The molecule has 0 aliphatic carbocycles. The van der Waals surface area contributed by atoms with Gasteiger partial charge < -0.3 is 15.2 Å². The Morgan fingerprint density at radius 1 is 1.00 bits per heavy atom. The van der Waals surface area contributed by atoms with Gasteiger partial charge in [0, 0.05) is 18.4 Å². The summed E-state index contributed by atoms with van der Waals surface area (Å²) in [5, 5.41) is 14.8. The van der Waals surface area contributed by atoms with Crippen LogP contribution in [0.5, 0.6) is 0 Å². The van der Waals surface area contributed by atoms with Crippen LogP contribution in [0.4, 0.5) is 11.4 Å². The Labute approximate surface area is 193 Å². The normalized spacial score (nSPS) is 10.8. The summed E-state index contributed by atoms with van der Waals surface area (Å²) in [7, 11) is 1.80. The topological polar surface area (TPSA) is 88.9 Å². The first kappa shape index (κ1) is 23.5. The molecule has 0 bridgehead atoms. The number of rotatable bonds is 8. The number of para-hydroxylation sites is 1. The number of amides is 2. The van der Waals surface area contributed by atoms with E-state index in [1.807, 2.05) is 57.2 Å². The number of aryl methyl sites for hydroxylation is 4. The number of carbonyl (C=O) groups is 2. The molecule has 32 heavy (non-hydrogen) atoms. The van der Waals surface area contributed by atoms with Crippen molar-refractivity contribution in [1.29, 1.82) is 0 Å². The number of nitrogens with zero attached hydrogens (tertiary/aromatic N) is 3. The van der Waals surface area contributed by atoms with E-state index < -0.39 is 0 Å². The highest BCUT2D eigenvalue weighted by atomic mass is 32.2. The molecule has 0 aliphatic heterocycles. The molecule has 3 rings (SSSR count). The number of carbonyl (C=O) groups excluding carboxylic acids is 2. The number of aromatic nitrogens is 3. The van der Waals surface area contributed by atoms with Gasteiger partial charge in [-0.1, -0.05) is 54.6 Å². The van der Waals surface area contributed by atoms with Crippen LogP contribution in [0.3, 0.4) is 0 Å². The Bertz CT molecular complexity index is 1140. The fraction of sp³-hybridized carbons (Fsp3) is 0.333. The molecule has 3 aromatic rings. The largest absolute Gasteiger partial charge is 0.325 e. The molecule has 7 nitrogen and oxygen atoms in total. The summed E-state index contributed by atoms with van der Waals surface area (Å²) in [6, 6.07) is 11.9. The lowest BCUT2D eigenvalue weighted by Crippen LogP contribution is -2.18. The van der Waals surface area contributed by atoms with Gasteiger partial charge in [0.15, 0.2) is 5.16 Å². The van der Waals surface area contributed by atoms with E-state index in [0.717, 1.165) is 40.0 Å². The van der Waals surface area contributed by atoms with Crippen molar-refractivity contribution in [3.8, 4) is 0 Å². The molecule has 0 unspecified atom stereocenters. The van der Waals surface area contributed by atoms with Crippen LogP contribution in [0.2, 0.25) is 0 Å². The minimum atomic E-state index is -0.159. The molecular weight excluding hydrogens is 422 g/mol. The van der Waals surface area contributed by atoms with Gasteiger partial charge in [-0.05, 0) is 49.9 Å². The summed E-state index contributed by atoms with van der Waals surface area (Å²) in [5.41, 5.74) is 5.97. The second kappa shape index (κ2) is 10.5. The Kier molecular flexibility index (Phi) is 7.69. The average Bonchev–Trinajstić information content (AvgIpc) is 3.09. The molecule has 0 fully saturated rings. The lowest BCUT2D eigenvalue weighted by atomic mass is 10.1. The minimum absolute atomic E-state index is 0.101. The van der Waals surface area contributed by atoms with E-state index in [1.165, 1.54) is 11.8 Å². The van der Waals surface area contributed by atoms with Gasteiger partial charge in [0.05, 0.1) is 12.2 Å². The zero-order valence-electron chi connectivity index (χ0n) is 19.2. The van der Waals surface area contributed by atoms with E-state index in [9.17, 15) is 9.59 Å². The number of hydrogen-bond donors (Lipinski definition) is 2. The lowest BCUT2D eigenvalue weighted by molar-refractivity contribution is -0.116. The van der Waals surface area contributed by atoms with E-state index in [1.54, 1.807) is 11.6 Å². The maximum atomic E-state index is 12.5. The molecular formula is C24H29N5O2S. The second-order valence-electron chi connectivity index (χ2n) is 7.80. The molecule has 0 atom stereocenters. The van der Waals surface area contributed by atoms with Crippen LogP contribution in [0.25, 0.3) is 0 Å². The first-order valence-electron chi connectivity index (χ1n) is 10.5. The third-order valence-electron chi connectivity index (χ3n) is 5.24. The Hall–Kier alpha value is -3.13. The van der Waals surface area contributed by atoms with Gasteiger partial charge in [0.1, 0.15) is 5.82 Å². The van der Waals surface area contributed by atoms with E-state index in [-0.39, 0.29) is 24.0 Å². The van der Waals surface area contributed by atoms with Crippen LogP contribution in [0, 0.1) is 20.8 Å². The monoisotopic (exact) mass is 451 g/mol. The highest BCUT2D eigenvalue weighted by Gasteiger charge is 2.16. The van der Waals surface area contributed by atoms with Gasteiger partial charge in [0.25, 0.3) is 0 Å². The van der Waals surface area contributed by atoms with Crippen molar-refractivity contribution in [2.45, 2.75) is 45.7 Å². The van der Waals surface area contributed by atoms with Crippen LogP contribution in [0.15, 0.2) is 41.6 Å². The van der Waals surface area contributed by atoms with E-state index in [2.05, 4.69) is 27.8 Å².